The smallest absolute Gasteiger partial charge is 0.229 e. The number of amides is 1. The van der Waals surface area contributed by atoms with Gasteiger partial charge >= 0.3 is 0 Å². The fraction of sp³-hybridized carbons (Fsp3) is 0.526. The summed E-state index contributed by atoms with van der Waals surface area (Å²) in [6.45, 7) is 8.06. The first-order valence-electron chi connectivity index (χ1n) is 9.15. The summed E-state index contributed by atoms with van der Waals surface area (Å²) < 4.78 is 10.7. The number of rotatable bonds is 6. The highest BCUT2D eigenvalue weighted by molar-refractivity contribution is 6.29. The van der Waals surface area contributed by atoms with E-state index in [1.165, 1.54) is 0 Å². The highest BCUT2D eigenvalue weighted by Gasteiger charge is 2.23. The highest BCUT2D eigenvalue weighted by atomic mass is 35.5. The molecule has 8 heteroatoms. The van der Waals surface area contributed by atoms with E-state index in [1.54, 1.807) is 6.20 Å². The van der Waals surface area contributed by atoms with E-state index in [0.717, 1.165) is 35.7 Å². The van der Waals surface area contributed by atoms with Gasteiger partial charge in [0.25, 0.3) is 0 Å². The monoisotopic (exact) mass is 392 g/mol. The van der Waals surface area contributed by atoms with Crippen LogP contribution in [0.5, 0.6) is 0 Å². The number of aromatic nitrogens is 2. The molecule has 2 atom stereocenters. The Bertz CT molecular complexity index is 748. The van der Waals surface area contributed by atoms with Gasteiger partial charge in [0, 0.05) is 37.8 Å². The van der Waals surface area contributed by atoms with Gasteiger partial charge in [-0.3, -0.25) is 4.79 Å². The fourth-order valence-corrected chi connectivity index (χ4v) is 3.51. The standard InChI is InChI=1S/C19H25ClN4O3/c1-12-10-24(11-13(2)26-12)17-6-4-15(8-21-17)9-22-18(25)7-5-16-14(3)23-27-19(16)20/h4,6,8,12-13H,5,7,9-11H2,1-3H3,(H,22,25). The number of nitrogens with one attached hydrogen (secondary N) is 1. The minimum atomic E-state index is -0.0495. The van der Waals surface area contributed by atoms with Gasteiger partial charge in [-0.2, -0.15) is 0 Å². The fourth-order valence-electron chi connectivity index (χ4n) is 3.24. The van der Waals surface area contributed by atoms with E-state index < -0.39 is 0 Å². The Labute approximate surface area is 164 Å². The van der Waals surface area contributed by atoms with Crippen LogP contribution >= 0.6 is 11.6 Å². The molecule has 0 spiro atoms. The van der Waals surface area contributed by atoms with Gasteiger partial charge in [-0.05, 0) is 50.4 Å². The first kappa shape index (κ1) is 19.6. The van der Waals surface area contributed by atoms with E-state index in [9.17, 15) is 4.79 Å². The van der Waals surface area contributed by atoms with Crippen LogP contribution in [0, 0.1) is 6.92 Å². The second-order valence-electron chi connectivity index (χ2n) is 6.98. The first-order valence-corrected chi connectivity index (χ1v) is 9.53. The molecule has 146 valence electrons. The maximum atomic E-state index is 12.1. The molecular formula is C19H25ClN4O3. The van der Waals surface area contributed by atoms with Crippen molar-refractivity contribution in [2.24, 2.45) is 0 Å². The van der Waals surface area contributed by atoms with Crippen molar-refractivity contribution in [2.45, 2.75) is 52.4 Å². The van der Waals surface area contributed by atoms with E-state index in [1.807, 2.05) is 19.1 Å². The van der Waals surface area contributed by atoms with Gasteiger partial charge in [-0.25, -0.2) is 4.98 Å². The molecule has 1 aliphatic rings. The molecule has 0 saturated carbocycles. The van der Waals surface area contributed by atoms with Gasteiger partial charge in [0.2, 0.25) is 11.1 Å². The number of aryl methyl sites for hydroxylation is 1. The van der Waals surface area contributed by atoms with Crippen LogP contribution in [-0.2, 0) is 22.5 Å². The van der Waals surface area contributed by atoms with Crippen molar-refractivity contribution >= 4 is 23.3 Å². The Morgan fingerprint density at radius 2 is 2.07 bits per heavy atom. The Balaban J connectivity index is 1.47. The van der Waals surface area contributed by atoms with Gasteiger partial charge < -0.3 is 19.5 Å². The predicted molar refractivity (Wildman–Crippen MR) is 103 cm³/mol. The largest absolute Gasteiger partial charge is 0.372 e. The lowest BCUT2D eigenvalue weighted by Gasteiger charge is -2.36. The van der Waals surface area contributed by atoms with Crippen LogP contribution in [0.2, 0.25) is 5.22 Å². The van der Waals surface area contributed by atoms with Crippen molar-refractivity contribution in [3.8, 4) is 0 Å². The summed E-state index contributed by atoms with van der Waals surface area (Å²) in [6, 6.07) is 3.99. The van der Waals surface area contributed by atoms with Crippen molar-refractivity contribution in [3.63, 3.8) is 0 Å². The van der Waals surface area contributed by atoms with Gasteiger partial charge in [0.1, 0.15) is 5.82 Å². The average molecular weight is 393 g/mol. The third kappa shape index (κ3) is 5.20. The topological polar surface area (TPSA) is 80.5 Å². The van der Waals surface area contributed by atoms with Crippen LogP contribution in [0.4, 0.5) is 5.82 Å². The van der Waals surface area contributed by atoms with Crippen LogP contribution < -0.4 is 10.2 Å². The van der Waals surface area contributed by atoms with Crippen molar-refractivity contribution in [3.05, 3.63) is 40.4 Å². The molecule has 2 unspecified atom stereocenters. The summed E-state index contributed by atoms with van der Waals surface area (Å²) in [4.78, 5) is 18.8. The lowest BCUT2D eigenvalue weighted by atomic mass is 10.1. The molecule has 1 saturated heterocycles. The molecule has 3 rings (SSSR count). The zero-order chi connectivity index (χ0) is 19.4. The molecule has 7 nitrogen and oxygen atoms in total. The number of morpholine rings is 1. The molecule has 2 aromatic heterocycles. The second kappa shape index (κ2) is 8.71. The lowest BCUT2D eigenvalue weighted by molar-refractivity contribution is -0.121. The van der Waals surface area contributed by atoms with Gasteiger partial charge in [-0.1, -0.05) is 11.2 Å². The maximum Gasteiger partial charge on any atom is 0.229 e. The van der Waals surface area contributed by atoms with E-state index in [0.29, 0.717) is 19.4 Å². The van der Waals surface area contributed by atoms with E-state index >= 15 is 0 Å². The Hall–Kier alpha value is -2.12. The quantitative estimate of drug-likeness (QED) is 0.814. The van der Waals surface area contributed by atoms with Gasteiger partial charge in [0.15, 0.2) is 0 Å². The second-order valence-corrected chi connectivity index (χ2v) is 7.33. The summed E-state index contributed by atoms with van der Waals surface area (Å²) >= 11 is 5.92. The van der Waals surface area contributed by atoms with Crippen molar-refractivity contribution in [1.82, 2.24) is 15.5 Å². The third-order valence-corrected chi connectivity index (χ3v) is 4.88. The SMILES string of the molecule is Cc1noc(Cl)c1CCC(=O)NCc1ccc(N2CC(C)OC(C)C2)nc1. The number of carbonyl (C=O) groups is 1. The van der Waals surface area contributed by atoms with E-state index in [4.69, 9.17) is 20.9 Å². The molecule has 3 heterocycles. The zero-order valence-electron chi connectivity index (χ0n) is 15.9. The number of ether oxygens (including phenoxy) is 1. The van der Waals surface area contributed by atoms with Crippen LogP contribution in [0.25, 0.3) is 0 Å². The Morgan fingerprint density at radius 1 is 1.33 bits per heavy atom. The molecule has 1 aliphatic heterocycles. The molecule has 0 aromatic carbocycles. The molecule has 2 aromatic rings. The van der Waals surface area contributed by atoms with Crippen LogP contribution in [0.1, 0.15) is 37.1 Å². The van der Waals surface area contributed by atoms with Crippen molar-refractivity contribution in [2.75, 3.05) is 18.0 Å². The predicted octanol–water partition coefficient (Wildman–Crippen LogP) is 2.89. The molecular weight excluding hydrogens is 368 g/mol. The Morgan fingerprint density at radius 3 is 2.67 bits per heavy atom. The summed E-state index contributed by atoms with van der Waals surface area (Å²) in [5.74, 6) is 0.885. The summed E-state index contributed by atoms with van der Waals surface area (Å²) in [5.41, 5.74) is 2.46. The third-order valence-electron chi connectivity index (χ3n) is 4.58. The molecule has 1 fully saturated rings. The number of anilines is 1. The molecule has 1 amide bonds. The molecule has 27 heavy (non-hydrogen) atoms. The minimum absolute atomic E-state index is 0.0495. The summed E-state index contributed by atoms with van der Waals surface area (Å²) in [5, 5.41) is 6.95. The summed E-state index contributed by atoms with van der Waals surface area (Å²) in [7, 11) is 0. The molecule has 0 bridgehead atoms. The Kier molecular flexibility index (Phi) is 6.34. The first-order chi connectivity index (χ1) is 12.9. The minimum Gasteiger partial charge on any atom is -0.372 e. The molecule has 1 N–H and O–H groups in total. The van der Waals surface area contributed by atoms with Gasteiger partial charge in [0.05, 0.1) is 17.9 Å². The molecule has 0 aliphatic carbocycles. The number of halogens is 1. The number of hydrogen-bond acceptors (Lipinski definition) is 6. The summed E-state index contributed by atoms with van der Waals surface area (Å²) in [6.07, 6.45) is 3.03. The lowest BCUT2D eigenvalue weighted by Crippen LogP contribution is -2.45. The van der Waals surface area contributed by atoms with Crippen LogP contribution in [0.15, 0.2) is 22.9 Å². The van der Waals surface area contributed by atoms with Crippen molar-refractivity contribution in [1.29, 1.82) is 0 Å². The maximum absolute atomic E-state index is 12.1. The van der Waals surface area contributed by atoms with Gasteiger partial charge in [-0.15, -0.1) is 0 Å². The number of pyridine rings is 1. The number of carbonyl (C=O) groups excluding carboxylic acids is 1. The van der Waals surface area contributed by atoms with E-state index in [-0.39, 0.29) is 23.3 Å². The van der Waals surface area contributed by atoms with Crippen LogP contribution in [0.3, 0.4) is 0 Å². The zero-order valence-corrected chi connectivity index (χ0v) is 16.6. The van der Waals surface area contributed by atoms with Crippen LogP contribution in [-0.4, -0.2) is 41.3 Å². The van der Waals surface area contributed by atoms with E-state index in [2.05, 4.69) is 34.2 Å². The highest BCUT2D eigenvalue weighted by Crippen LogP contribution is 2.21. The number of nitrogens with zero attached hydrogens (tertiary/aromatic N) is 3. The molecule has 0 radical (unpaired) electrons. The average Bonchev–Trinajstić information content (AvgIpc) is 2.96. The normalized spacial score (nSPS) is 19.9. The number of hydrogen-bond donors (Lipinski definition) is 1. The van der Waals surface area contributed by atoms with Crippen molar-refractivity contribution < 1.29 is 14.1 Å².